The fourth-order valence-corrected chi connectivity index (χ4v) is 1.93. The van der Waals surface area contributed by atoms with Gasteiger partial charge < -0.3 is 5.11 Å². The van der Waals surface area contributed by atoms with Gasteiger partial charge in [-0.1, -0.05) is 42.1 Å². The van der Waals surface area contributed by atoms with Crippen LogP contribution in [0.4, 0.5) is 0 Å². The molecule has 1 unspecified atom stereocenters. The van der Waals surface area contributed by atoms with Gasteiger partial charge in [0.15, 0.2) is 5.12 Å². The molecule has 0 aliphatic heterocycles. The Hall–Kier alpha value is -1.29. The van der Waals surface area contributed by atoms with Gasteiger partial charge in [0.25, 0.3) is 0 Å². The molecule has 3 nitrogen and oxygen atoms in total. The summed E-state index contributed by atoms with van der Waals surface area (Å²) in [6.45, 7) is 1.44. The Labute approximate surface area is 92.5 Å². The van der Waals surface area contributed by atoms with Crippen LogP contribution in [0.3, 0.4) is 0 Å². The monoisotopic (exact) mass is 224 g/mol. The number of hydrogen-bond donors (Lipinski definition) is 1. The van der Waals surface area contributed by atoms with E-state index in [0.717, 1.165) is 17.3 Å². The lowest BCUT2D eigenvalue weighted by atomic mass is 10.0. The van der Waals surface area contributed by atoms with Gasteiger partial charge in [-0.05, 0) is 5.56 Å². The highest BCUT2D eigenvalue weighted by molar-refractivity contribution is 8.13. The number of carboxylic acids is 1. The maximum absolute atomic E-state index is 11.0. The van der Waals surface area contributed by atoms with Gasteiger partial charge in [-0.3, -0.25) is 9.59 Å². The van der Waals surface area contributed by atoms with Crippen molar-refractivity contribution in [2.75, 3.05) is 5.75 Å². The lowest BCUT2D eigenvalue weighted by Gasteiger charge is -2.10. The molecule has 1 atom stereocenters. The minimum atomic E-state index is -0.894. The summed E-state index contributed by atoms with van der Waals surface area (Å²) in [6, 6.07) is 8.95. The van der Waals surface area contributed by atoms with Crippen LogP contribution in [0.15, 0.2) is 30.3 Å². The maximum atomic E-state index is 11.0. The minimum absolute atomic E-state index is 0.0582. The molecule has 0 fully saturated rings. The van der Waals surface area contributed by atoms with E-state index in [1.54, 1.807) is 24.3 Å². The Morgan fingerprint density at radius 2 is 1.93 bits per heavy atom. The zero-order valence-corrected chi connectivity index (χ0v) is 9.16. The van der Waals surface area contributed by atoms with Crippen molar-refractivity contribution in [1.29, 1.82) is 0 Å². The van der Waals surface area contributed by atoms with E-state index in [1.165, 1.54) is 6.92 Å². The van der Waals surface area contributed by atoms with E-state index >= 15 is 0 Å². The molecule has 0 aliphatic rings. The first-order chi connectivity index (χ1) is 7.11. The van der Waals surface area contributed by atoms with E-state index in [1.807, 2.05) is 6.07 Å². The number of carboxylic acid groups (broad SMARTS) is 1. The highest BCUT2D eigenvalue weighted by Gasteiger charge is 2.20. The molecule has 80 valence electrons. The smallest absolute Gasteiger partial charge is 0.311 e. The summed E-state index contributed by atoms with van der Waals surface area (Å²) in [6.07, 6.45) is 0. The molecule has 0 spiro atoms. The second-order valence-electron chi connectivity index (χ2n) is 3.10. The summed E-state index contributed by atoms with van der Waals surface area (Å²) in [4.78, 5) is 21.8. The lowest BCUT2D eigenvalue weighted by Crippen LogP contribution is -2.14. The number of rotatable bonds is 4. The Bertz CT molecular complexity index is 348. The van der Waals surface area contributed by atoms with Gasteiger partial charge in [-0.2, -0.15) is 0 Å². The Kier molecular flexibility index (Phi) is 4.37. The van der Waals surface area contributed by atoms with Crippen LogP contribution in [-0.4, -0.2) is 21.9 Å². The number of thioether (sulfide) groups is 1. The van der Waals surface area contributed by atoms with Crippen molar-refractivity contribution in [2.24, 2.45) is 0 Å². The largest absolute Gasteiger partial charge is 0.481 e. The van der Waals surface area contributed by atoms with Crippen LogP contribution in [-0.2, 0) is 9.59 Å². The summed E-state index contributed by atoms with van der Waals surface area (Å²) < 4.78 is 0. The van der Waals surface area contributed by atoms with E-state index in [9.17, 15) is 9.59 Å². The molecule has 1 aromatic carbocycles. The molecule has 1 N–H and O–H groups in total. The van der Waals surface area contributed by atoms with E-state index in [0.29, 0.717) is 0 Å². The van der Waals surface area contributed by atoms with Crippen LogP contribution >= 0.6 is 11.8 Å². The van der Waals surface area contributed by atoms with Crippen molar-refractivity contribution in [3.8, 4) is 0 Å². The van der Waals surface area contributed by atoms with E-state index in [4.69, 9.17) is 5.11 Å². The molecule has 0 saturated heterocycles. The highest BCUT2D eigenvalue weighted by Crippen LogP contribution is 2.21. The first-order valence-corrected chi connectivity index (χ1v) is 5.51. The zero-order valence-electron chi connectivity index (χ0n) is 8.34. The van der Waals surface area contributed by atoms with Gasteiger partial charge in [0.1, 0.15) is 0 Å². The molecule has 0 bridgehead atoms. The zero-order chi connectivity index (χ0) is 11.3. The van der Waals surface area contributed by atoms with Gasteiger partial charge in [0, 0.05) is 12.7 Å². The van der Waals surface area contributed by atoms with Gasteiger partial charge >= 0.3 is 5.97 Å². The molecular weight excluding hydrogens is 212 g/mol. The van der Waals surface area contributed by atoms with Crippen LogP contribution in [0, 0.1) is 0 Å². The number of carbonyl (C=O) groups is 2. The van der Waals surface area contributed by atoms with Gasteiger partial charge in [-0.25, -0.2) is 0 Å². The first kappa shape index (κ1) is 11.8. The van der Waals surface area contributed by atoms with Crippen molar-refractivity contribution in [3.63, 3.8) is 0 Å². The maximum Gasteiger partial charge on any atom is 0.311 e. The van der Waals surface area contributed by atoms with Gasteiger partial charge in [-0.15, -0.1) is 0 Å². The number of benzene rings is 1. The molecule has 0 aromatic heterocycles. The molecule has 0 heterocycles. The van der Waals surface area contributed by atoms with E-state index < -0.39 is 11.9 Å². The SMILES string of the molecule is CC(=O)SCC(C(=O)O)c1ccccc1. The molecule has 1 aromatic rings. The molecule has 0 aliphatic carbocycles. The predicted octanol–water partition coefficient (Wildman–Crippen LogP) is 2.13. The van der Waals surface area contributed by atoms with E-state index in [2.05, 4.69) is 0 Å². The molecule has 0 saturated carbocycles. The second-order valence-corrected chi connectivity index (χ2v) is 4.30. The molecule has 0 amide bonds. The third-order valence-corrected chi connectivity index (χ3v) is 2.86. The summed E-state index contributed by atoms with van der Waals surface area (Å²) in [7, 11) is 0. The molecule has 0 radical (unpaired) electrons. The van der Waals surface area contributed by atoms with Crippen molar-refractivity contribution in [3.05, 3.63) is 35.9 Å². The summed E-state index contributed by atoms with van der Waals surface area (Å²) in [5, 5.41) is 8.96. The molecule has 4 heteroatoms. The van der Waals surface area contributed by atoms with E-state index in [-0.39, 0.29) is 10.9 Å². The topological polar surface area (TPSA) is 54.4 Å². The normalized spacial score (nSPS) is 12.1. The minimum Gasteiger partial charge on any atom is -0.481 e. The fourth-order valence-electron chi connectivity index (χ4n) is 1.20. The van der Waals surface area contributed by atoms with Crippen molar-refractivity contribution in [2.45, 2.75) is 12.8 Å². The third kappa shape index (κ3) is 3.75. The Balaban J connectivity index is 2.75. The average Bonchev–Trinajstić information content (AvgIpc) is 2.18. The van der Waals surface area contributed by atoms with Crippen LogP contribution in [0.25, 0.3) is 0 Å². The average molecular weight is 224 g/mol. The quantitative estimate of drug-likeness (QED) is 0.851. The fraction of sp³-hybridized carbons (Fsp3) is 0.273. The number of aliphatic carboxylic acids is 1. The van der Waals surface area contributed by atoms with Crippen LogP contribution in [0.5, 0.6) is 0 Å². The summed E-state index contributed by atoms with van der Waals surface area (Å²) in [5.74, 6) is -1.22. The van der Waals surface area contributed by atoms with Crippen LogP contribution in [0.1, 0.15) is 18.4 Å². The first-order valence-electron chi connectivity index (χ1n) is 4.52. The van der Waals surface area contributed by atoms with Gasteiger partial charge in [0.2, 0.25) is 0 Å². The standard InChI is InChI=1S/C11H12O3S/c1-8(12)15-7-10(11(13)14)9-5-3-2-4-6-9/h2-6,10H,7H2,1H3,(H,13,14). The second kappa shape index (κ2) is 5.56. The van der Waals surface area contributed by atoms with Crippen LogP contribution in [0.2, 0.25) is 0 Å². The van der Waals surface area contributed by atoms with Gasteiger partial charge in [0.05, 0.1) is 5.92 Å². The molecule has 15 heavy (non-hydrogen) atoms. The number of carbonyl (C=O) groups excluding carboxylic acids is 1. The summed E-state index contributed by atoms with van der Waals surface area (Å²) >= 11 is 1.04. The van der Waals surface area contributed by atoms with Crippen LogP contribution < -0.4 is 0 Å². The number of hydrogen-bond acceptors (Lipinski definition) is 3. The Morgan fingerprint density at radius 3 is 2.40 bits per heavy atom. The Morgan fingerprint density at radius 1 is 1.33 bits per heavy atom. The third-order valence-electron chi connectivity index (χ3n) is 1.95. The lowest BCUT2D eigenvalue weighted by molar-refractivity contribution is -0.138. The van der Waals surface area contributed by atoms with Crippen molar-refractivity contribution >= 4 is 22.8 Å². The molecule has 1 rings (SSSR count). The highest BCUT2D eigenvalue weighted by atomic mass is 32.2. The summed E-state index contributed by atoms with van der Waals surface area (Å²) in [5.41, 5.74) is 0.735. The van der Waals surface area contributed by atoms with Crippen molar-refractivity contribution < 1.29 is 14.7 Å². The predicted molar refractivity (Wildman–Crippen MR) is 60.0 cm³/mol. The van der Waals surface area contributed by atoms with Crippen molar-refractivity contribution in [1.82, 2.24) is 0 Å². The molecular formula is C11H12O3S.